The standard InChI is InChI=1S/C11H11BrS2.C9H7BrO/c12-10-3-1-2-9-8(10)4-5-11(9)13-6-7-14-11;10-8-3-1-2-7-6(8)4-5-9(7)11/h1-3H,4-7H2;1-3H,4-5H2. The summed E-state index contributed by atoms with van der Waals surface area (Å²) in [7, 11) is 0. The Hall–Kier alpha value is -0.230. The van der Waals surface area contributed by atoms with Crippen molar-refractivity contribution in [3.63, 3.8) is 0 Å². The molecule has 0 unspecified atom stereocenters. The number of ketones is 1. The van der Waals surface area contributed by atoms with Gasteiger partial charge in [0.1, 0.15) is 0 Å². The topological polar surface area (TPSA) is 17.1 Å². The number of carbonyl (C=O) groups excluding carboxylic acids is 1. The summed E-state index contributed by atoms with van der Waals surface area (Å²) < 4.78 is 2.79. The summed E-state index contributed by atoms with van der Waals surface area (Å²) in [5.74, 6) is 2.91. The number of carbonyl (C=O) groups is 1. The van der Waals surface area contributed by atoms with E-state index in [9.17, 15) is 4.79 Å². The fourth-order valence-corrected chi connectivity index (χ4v) is 8.27. The van der Waals surface area contributed by atoms with Crippen molar-refractivity contribution in [2.75, 3.05) is 11.5 Å². The zero-order chi connectivity index (χ0) is 17.4. The van der Waals surface area contributed by atoms with Crippen LogP contribution in [0.25, 0.3) is 0 Å². The molecule has 0 saturated carbocycles. The molecule has 0 atom stereocenters. The lowest BCUT2D eigenvalue weighted by Crippen LogP contribution is -2.08. The molecule has 1 aliphatic heterocycles. The first-order chi connectivity index (χ1) is 12.1. The molecule has 0 aromatic heterocycles. The van der Waals surface area contributed by atoms with Crippen LogP contribution in [0.2, 0.25) is 0 Å². The van der Waals surface area contributed by atoms with Crippen LogP contribution in [-0.2, 0) is 16.9 Å². The minimum Gasteiger partial charge on any atom is -0.294 e. The molecule has 1 saturated heterocycles. The van der Waals surface area contributed by atoms with Crippen molar-refractivity contribution < 1.29 is 4.79 Å². The van der Waals surface area contributed by atoms with Crippen LogP contribution in [0.5, 0.6) is 0 Å². The maximum Gasteiger partial charge on any atom is 0.163 e. The highest BCUT2D eigenvalue weighted by molar-refractivity contribution is 9.10. The number of halogens is 2. The summed E-state index contributed by atoms with van der Waals surface area (Å²) in [6, 6.07) is 12.5. The van der Waals surface area contributed by atoms with Gasteiger partial charge in [0.15, 0.2) is 5.78 Å². The molecule has 1 fully saturated rings. The molecule has 0 N–H and O–H groups in total. The van der Waals surface area contributed by atoms with Gasteiger partial charge in [0.05, 0.1) is 4.08 Å². The van der Waals surface area contributed by atoms with Crippen molar-refractivity contribution in [1.82, 2.24) is 0 Å². The van der Waals surface area contributed by atoms with Crippen LogP contribution < -0.4 is 0 Å². The molecule has 130 valence electrons. The number of thioether (sulfide) groups is 2. The van der Waals surface area contributed by atoms with Gasteiger partial charge < -0.3 is 0 Å². The Morgan fingerprint density at radius 3 is 2.24 bits per heavy atom. The average molecular weight is 498 g/mol. The molecular formula is C20H18Br2OS2. The van der Waals surface area contributed by atoms with Gasteiger partial charge >= 0.3 is 0 Å². The van der Waals surface area contributed by atoms with E-state index in [4.69, 9.17) is 0 Å². The van der Waals surface area contributed by atoms with Gasteiger partial charge in [0.25, 0.3) is 0 Å². The fourth-order valence-electron chi connectivity index (χ4n) is 3.80. The van der Waals surface area contributed by atoms with Gasteiger partial charge in [0, 0.05) is 32.4 Å². The van der Waals surface area contributed by atoms with Crippen LogP contribution in [-0.4, -0.2) is 17.3 Å². The highest BCUT2D eigenvalue weighted by Gasteiger charge is 2.43. The molecule has 5 rings (SSSR count). The fraction of sp³-hybridized carbons (Fsp3) is 0.350. The second-order valence-electron chi connectivity index (χ2n) is 6.40. The van der Waals surface area contributed by atoms with Crippen LogP contribution in [0.4, 0.5) is 0 Å². The summed E-state index contributed by atoms with van der Waals surface area (Å²) in [6.45, 7) is 0. The van der Waals surface area contributed by atoms with Gasteiger partial charge in [-0.25, -0.2) is 0 Å². The molecule has 0 amide bonds. The van der Waals surface area contributed by atoms with Crippen molar-refractivity contribution in [3.8, 4) is 0 Å². The van der Waals surface area contributed by atoms with Gasteiger partial charge in [-0.05, 0) is 48.1 Å². The Morgan fingerprint density at radius 1 is 0.840 bits per heavy atom. The van der Waals surface area contributed by atoms with E-state index in [2.05, 4.69) is 73.6 Å². The van der Waals surface area contributed by atoms with E-state index in [1.165, 1.54) is 34.4 Å². The zero-order valence-electron chi connectivity index (χ0n) is 13.7. The molecule has 1 spiro atoms. The van der Waals surface area contributed by atoms with E-state index in [0.29, 0.717) is 10.5 Å². The van der Waals surface area contributed by atoms with Gasteiger partial charge in [0.2, 0.25) is 0 Å². The minimum absolute atomic E-state index is 0.279. The first-order valence-electron chi connectivity index (χ1n) is 8.47. The van der Waals surface area contributed by atoms with Crippen molar-refractivity contribution >= 4 is 61.2 Å². The molecule has 2 aromatic rings. The molecular weight excluding hydrogens is 480 g/mol. The van der Waals surface area contributed by atoms with Crippen LogP contribution in [0.1, 0.15) is 39.9 Å². The summed E-state index contributed by atoms with van der Waals surface area (Å²) >= 11 is 11.4. The molecule has 25 heavy (non-hydrogen) atoms. The third-order valence-corrected chi connectivity index (χ3v) is 10.1. The normalized spacial score (nSPS) is 19.5. The Morgan fingerprint density at radius 2 is 1.52 bits per heavy atom. The van der Waals surface area contributed by atoms with Gasteiger partial charge in [-0.1, -0.05) is 56.1 Å². The smallest absolute Gasteiger partial charge is 0.163 e. The van der Waals surface area contributed by atoms with Crippen molar-refractivity contribution in [1.29, 1.82) is 0 Å². The highest BCUT2D eigenvalue weighted by atomic mass is 79.9. The van der Waals surface area contributed by atoms with Crippen molar-refractivity contribution in [2.24, 2.45) is 0 Å². The molecule has 1 heterocycles. The van der Waals surface area contributed by atoms with Crippen molar-refractivity contribution in [2.45, 2.75) is 29.8 Å². The highest BCUT2D eigenvalue weighted by Crippen LogP contribution is 2.59. The second-order valence-corrected chi connectivity index (χ2v) is 11.2. The second kappa shape index (κ2) is 7.41. The number of benzene rings is 2. The molecule has 0 bridgehead atoms. The number of rotatable bonds is 0. The first kappa shape index (κ1) is 18.1. The van der Waals surface area contributed by atoms with E-state index in [1.807, 2.05) is 18.2 Å². The maximum atomic E-state index is 11.2. The molecule has 0 radical (unpaired) electrons. The van der Waals surface area contributed by atoms with Gasteiger partial charge in [-0.2, -0.15) is 0 Å². The zero-order valence-corrected chi connectivity index (χ0v) is 18.5. The number of hydrogen-bond acceptors (Lipinski definition) is 3. The maximum absolute atomic E-state index is 11.2. The molecule has 5 heteroatoms. The molecule has 2 aromatic carbocycles. The van der Waals surface area contributed by atoms with E-state index in [-0.39, 0.29) is 5.78 Å². The van der Waals surface area contributed by atoms with E-state index >= 15 is 0 Å². The van der Waals surface area contributed by atoms with Gasteiger partial charge in [-0.3, -0.25) is 4.79 Å². The van der Waals surface area contributed by atoms with Crippen molar-refractivity contribution in [3.05, 3.63) is 67.6 Å². The van der Waals surface area contributed by atoms with Crippen LogP contribution >= 0.6 is 55.4 Å². The quantitative estimate of drug-likeness (QED) is 0.407. The molecule has 1 nitrogen and oxygen atoms in total. The number of fused-ring (bicyclic) bond motifs is 3. The monoisotopic (exact) mass is 496 g/mol. The Bertz CT molecular complexity index is 828. The number of hydrogen-bond donors (Lipinski definition) is 0. The lowest BCUT2D eigenvalue weighted by Gasteiger charge is -2.22. The van der Waals surface area contributed by atoms with E-state index in [0.717, 1.165) is 16.5 Å². The first-order valence-corrected chi connectivity index (χ1v) is 12.0. The summed E-state index contributed by atoms with van der Waals surface area (Å²) in [6.07, 6.45) is 4.14. The number of Topliss-reactive ketones (excluding diaryl/α,β-unsaturated/α-hetero) is 1. The predicted octanol–water partition coefficient (Wildman–Crippen LogP) is 6.61. The Labute approximate surface area is 174 Å². The predicted molar refractivity (Wildman–Crippen MR) is 116 cm³/mol. The molecule has 3 aliphatic rings. The summed E-state index contributed by atoms with van der Waals surface area (Å²) in [5.41, 5.74) is 5.21. The summed E-state index contributed by atoms with van der Waals surface area (Å²) in [5, 5.41) is 0. The van der Waals surface area contributed by atoms with Crippen LogP contribution in [0.3, 0.4) is 0 Å². The van der Waals surface area contributed by atoms with Gasteiger partial charge in [-0.15, -0.1) is 23.5 Å². The van der Waals surface area contributed by atoms with Crippen LogP contribution in [0.15, 0.2) is 45.3 Å². The van der Waals surface area contributed by atoms with E-state index in [1.54, 1.807) is 11.1 Å². The Balaban J connectivity index is 0.000000129. The largest absolute Gasteiger partial charge is 0.294 e. The third-order valence-electron chi connectivity index (χ3n) is 5.01. The lowest BCUT2D eigenvalue weighted by atomic mass is 10.1. The lowest BCUT2D eigenvalue weighted by molar-refractivity contribution is 0.0994. The minimum atomic E-state index is 0.279. The average Bonchev–Trinajstić information content (AvgIpc) is 3.32. The SMILES string of the molecule is Brc1cccc2c1CCC21SCCS1.O=C1CCc2c(Br)cccc21. The van der Waals surface area contributed by atoms with Crippen LogP contribution in [0, 0.1) is 0 Å². The summed E-state index contributed by atoms with van der Waals surface area (Å²) in [4.78, 5) is 11.2. The molecule has 2 aliphatic carbocycles. The third kappa shape index (κ3) is 3.38. The Kier molecular flexibility index (Phi) is 5.38. The van der Waals surface area contributed by atoms with E-state index < -0.39 is 0 Å².